The SMILES string of the molecule is C[C@H](NC(=O)COC1CCNCC1)c1ccccc1. The Labute approximate surface area is 114 Å². The molecule has 0 saturated carbocycles. The van der Waals surface area contributed by atoms with Crippen LogP contribution >= 0.6 is 0 Å². The van der Waals surface area contributed by atoms with E-state index < -0.39 is 0 Å². The molecule has 104 valence electrons. The highest BCUT2D eigenvalue weighted by atomic mass is 16.5. The number of carbonyl (C=O) groups is 1. The lowest BCUT2D eigenvalue weighted by Gasteiger charge is -2.23. The summed E-state index contributed by atoms with van der Waals surface area (Å²) >= 11 is 0. The first kappa shape index (κ1) is 14.0. The molecule has 1 aromatic rings. The normalized spacial score (nSPS) is 17.9. The molecule has 1 aliphatic heterocycles. The van der Waals surface area contributed by atoms with Crippen molar-refractivity contribution >= 4 is 5.91 Å². The van der Waals surface area contributed by atoms with Crippen LogP contribution in [0.5, 0.6) is 0 Å². The molecule has 1 aliphatic rings. The third kappa shape index (κ3) is 4.65. The molecule has 0 aliphatic carbocycles. The molecule has 2 N–H and O–H groups in total. The number of piperidine rings is 1. The van der Waals surface area contributed by atoms with E-state index in [1.165, 1.54) is 0 Å². The summed E-state index contributed by atoms with van der Waals surface area (Å²) in [6.45, 7) is 4.10. The molecule has 1 amide bonds. The van der Waals surface area contributed by atoms with Gasteiger partial charge in [0, 0.05) is 0 Å². The van der Waals surface area contributed by atoms with Crippen LogP contribution in [-0.2, 0) is 9.53 Å². The quantitative estimate of drug-likeness (QED) is 0.848. The fourth-order valence-electron chi connectivity index (χ4n) is 2.26. The monoisotopic (exact) mass is 262 g/mol. The number of hydrogen-bond donors (Lipinski definition) is 2. The van der Waals surface area contributed by atoms with Gasteiger partial charge in [0.1, 0.15) is 6.61 Å². The van der Waals surface area contributed by atoms with Crippen molar-refractivity contribution in [3.8, 4) is 0 Å². The molecule has 0 bridgehead atoms. The van der Waals surface area contributed by atoms with Gasteiger partial charge in [0.2, 0.25) is 5.91 Å². The minimum Gasteiger partial charge on any atom is -0.368 e. The van der Waals surface area contributed by atoms with E-state index in [0.717, 1.165) is 31.5 Å². The number of ether oxygens (including phenoxy) is 1. The predicted molar refractivity (Wildman–Crippen MR) is 74.8 cm³/mol. The van der Waals surface area contributed by atoms with Crippen LogP contribution in [0.15, 0.2) is 30.3 Å². The van der Waals surface area contributed by atoms with Crippen LogP contribution in [0, 0.1) is 0 Å². The van der Waals surface area contributed by atoms with Gasteiger partial charge in [-0.15, -0.1) is 0 Å². The smallest absolute Gasteiger partial charge is 0.246 e. The van der Waals surface area contributed by atoms with Gasteiger partial charge in [-0.3, -0.25) is 4.79 Å². The topological polar surface area (TPSA) is 50.4 Å². The number of rotatable bonds is 5. The molecule has 19 heavy (non-hydrogen) atoms. The largest absolute Gasteiger partial charge is 0.368 e. The summed E-state index contributed by atoms with van der Waals surface area (Å²) < 4.78 is 5.63. The maximum absolute atomic E-state index is 11.8. The van der Waals surface area contributed by atoms with Crippen LogP contribution in [0.1, 0.15) is 31.4 Å². The van der Waals surface area contributed by atoms with Crippen LogP contribution in [-0.4, -0.2) is 31.7 Å². The van der Waals surface area contributed by atoms with Crippen LogP contribution < -0.4 is 10.6 Å². The molecule has 0 unspecified atom stereocenters. The lowest BCUT2D eigenvalue weighted by atomic mass is 10.1. The van der Waals surface area contributed by atoms with E-state index in [1.807, 2.05) is 37.3 Å². The summed E-state index contributed by atoms with van der Waals surface area (Å²) in [5.41, 5.74) is 1.11. The van der Waals surface area contributed by atoms with Gasteiger partial charge >= 0.3 is 0 Å². The minimum absolute atomic E-state index is 0.0188. The molecule has 2 rings (SSSR count). The second kappa shape index (κ2) is 7.26. The van der Waals surface area contributed by atoms with E-state index in [9.17, 15) is 4.79 Å². The number of hydrogen-bond acceptors (Lipinski definition) is 3. The zero-order valence-corrected chi connectivity index (χ0v) is 11.4. The molecule has 1 aromatic carbocycles. The second-order valence-corrected chi connectivity index (χ2v) is 4.96. The van der Waals surface area contributed by atoms with E-state index in [1.54, 1.807) is 0 Å². The molecule has 1 heterocycles. The Morgan fingerprint density at radius 1 is 1.37 bits per heavy atom. The molecular weight excluding hydrogens is 240 g/mol. The first-order chi connectivity index (χ1) is 9.25. The highest BCUT2D eigenvalue weighted by Crippen LogP contribution is 2.11. The average molecular weight is 262 g/mol. The van der Waals surface area contributed by atoms with Crippen LogP contribution in [0.4, 0.5) is 0 Å². The van der Waals surface area contributed by atoms with E-state index in [-0.39, 0.29) is 24.7 Å². The van der Waals surface area contributed by atoms with Gasteiger partial charge in [-0.25, -0.2) is 0 Å². The Kier molecular flexibility index (Phi) is 5.36. The molecule has 0 aromatic heterocycles. The summed E-state index contributed by atoms with van der Waals surface area (Å²) in [6.07, 6.45) is 2.20. The summed E-state index contributed by atoms with van der Waals surface area (Å²) in [7, 11) is 0. The van der Waals surface area contributed by atoms with Crippen molar-refractivity contribution in [2.45, 2.75) is 31.9 Å². The zero-order chi connectivity index (χ0) is 13.5. The van der Waals surface area contributed by atoms with E-state index in [0.29, 0.717) is 0 Å². The Hall–Kier alpha value is -1.39. The summed E-state index contributed by atoms with van der Waals surface area (Å²) in [5.74, 6) is -0.0464. The van der Waals surface area contributed by atoms with Crippen molar-refractivity contribution in [2.75, 3.05) is 19.7 Å². The molecule has 1 saturated heterocycles. The highest BCUT2D eigenvalue weighted by Gasteiger charge is 2.15. The van der Waals surface area contributed by atoms with Gasteiger partial charge in [0.15, 0.2) is 0 Å². The van der Waals surface area contributed by atoms with Gasteiger partial charge < -0.3 is 15.4 Å². The standard InChI is InChI=1S/C15H22N2O2/c1-12(13-5-3-2-4-6-13)17-15(18)11-19-14-7-9-16-10-8-14/h2-6,12,14,16H,7-11H2,1H3,(H,17,18)/t12-/m0/s1. The molecule has 4 nitrogen and oxygen atoms in total. The molecule has 4 heteroatoms. The van der Waals surface area contributed by atoms with Gasteiger partial charge in [-0.2, -0.15) is 0 Å². The Morgan fingerprint density at radius 2 is 2.05 bits per heavy atom. The second-order valence-electron chi connectivity index (χ2n) is 4.96. The Bertz CT molecular complexity index is 388. The van der Waals surface area contributed by atoms with Crippen molar-refractivity contribution in [1.29, 1.82) is 0 Å². The van der Waals surface area contributed by atoms with Crippen LogP contribution in [0.2, 0.25) is 0 Å². The zero-order valence-electron chi connectivity index (χ0n) is 11.4. The van der Waals surface area contributed by atoms with Crippen molar-refractivity contribution in [1.82, 2.24) is 10.6 Å². The third-order valence-electron chi connectivity index (χ3n) is 3.41. The Morgan fingerprint density at radius 3 is 2.74 bits per heavy atom. The van der Waals surface area contributed by atoms with Crippen LogP contribution in [0.3, 0.4) is 0 Å². The van der Waals surface area contributed by atoms with Crippen molar-refractivity contribution in [2.24, 2.45) is 0 Å². The molecule has 1 fully saturated rings. The van der Waals surface area contributed by atoms with E-state index in [4.69, 9.17) is 4.74 Å². The predicted octanol–water partition coefficient (Wildman–Crippen LogP) is 1.63. The first-order valence-electron chi connectivity index (χ1n) is 6.92. The summed E-state index contributed by atoms with van der Waals surface area (Å²) in [5, 5.41) is 6.23. The maximum Gasteiger partial charge on any atom is 0.246 e. The van der Waals surface area contributed by atoms with Gasteiger partial charge in [0.05, 0.1) is 12.1 Å². The fraction of sp³-hybridized carbons (Fsp3) is 0.533. The molecular formula is C15H22N2O2. The lowest BCUT2D eigenvalue weighted by Crippen LogP contribution is -2.36. The minimum atomic E-state index is -0.0464. The number of carbonyl (C=O) groups excluding carboxylic acids is 1. The van der Waals surface area contributed by atoms with Gasteiger partial charge in [-0.05, 0) is 38.4 Å². The lowest BCUT2D eigenvalue weighted by molar-refractivity contribution is -0.128. The molecule has 0 radical (unpaired) electrons. The average Bonchev–Trinajstić information content (AvgIpc) is 2.47. The molecule has 0 spiro atoms. The molecule has 1 atom stereocenters. The van der Waals surface area contributed by atoms with Crippen LogP contribution in [0.25, 0.3) is 0 Å². The fourth-order valence-corrected chi connectivity index (χ4v) is 2.26. The number of nitrogens with one attached hydrogen (secondary N) is 2. The maximum atomic E-state index is 11.8. The number of benzene rings is 1. The van der Waals surface area contributed by atoms with E-state index in [2.05, 4.69) is 10.6 Å². The first-order valence-corrected chi connectivity index (χ1v) is 6.92. The van der Waals surface area contributed by atoms with Gasteiger partial charge in [0.25, 0.3) is 0 Å². The third-order valence-corrected chi connectivity index (χ3v) is 3.41. The van der Waals surface area contributed by atoms with E-state index >= 15 is 0 Å². The van der Waals surface area contributed by atoms with Crippen molar-refractivity contribution < 1.29 is 9.53 Å². The van der Waals surface area contributed by atoms with Crippen molar-refractivity contribution in [3.63, 3.8) is 0 Å². The number of amides is 1. The highest BCUT2D eigenvalue weighted by molar-refractivity contribution is 5.77. The summed E-state index contributed by atoms with van der Waals surface area (Å²) in [6, 6.07) is 9.97. The van der Waals surface area contributed by atoms with Gasteiger partial charge in [-0.1, -0.05) is 30.3 Å². The summed E-state index contributed by atoms with van der Waals surface area (Å²) in [4.78, 5) is 11.8. The van der Waals surface area contributed by atoms with Crippen molar-refractivity contribution in [3.05, 3.63) is 35.9 Å². The Balaban J connectivity index is 1.71.